The van der Waals surface area contributed by atoms with Gasteiger partial charge in [0.05, 0.1) is 19.1 Å². The van der Waals surface area contributed by atoms with Gasteiger partial charge in [0.1, 0.15) is 18.3 Å². The Labute approximate surface area is 156 Å². The van der Waals surface area contributed by atoms with Crippen molar-refractivity contribution in [1.29, 1.82) is 0 Å². The zero-order valence-corrected chi connectivity index (χ0v) is 15.1. The van der Waals surface area contributed by atoms with E-state index in [1.807, 2.05) is 6.92 Å². The standard InChI is InChI=1S/C14H27N9O4/c1-13(21-22-13)6-18-12(24)27-5-9-8-4-23(11(16)20-9)3-2-14(25,26)7-17-10(15)19-8/h8-9,21-22,25-26H,2-7H2,1H3,(H2,16,20)(H,18,24)(H3,15,17,19). The molecule has 1 saturated heterocycles. The van der Waals surface area contributed by atoms with Crippen LogP contribution in [0.4, 0.5) is 4.79 Å². The number of ether oxygens (including phenoxy) is 1. The topological polar surface area (TPSA) is 215 Å². The first-order valence-corrected chi connectivity index (χ1v) is 8.70. The summed E-state index contributed by atoms with van der Waals surface area (Å²) in [6, 6.07) is -0.760. The van der Waals surface area contributed by atoms with Crippen molar-refractivity contribution in [2.24, 2.45) is 21.5 Å². The minimum absolute atomic E-state index is 0.00677. The summed E-state index contributed by atoms with van der Waals surface area (Å²) in [5, 5.41) is 25.4. The number of rotatable bonds is 4. The molecule has 1 amide bonds. The highest BCUT2D eigenvalue weighted by Gasteiger charge is 2.37. The normalized spacial score (nSPS) is 28.9. The van der Waals surface area contributed by atoms with Gasteiger partial charge < -0.3 is 42.0 Å². The summed E-state index contributed by atoms with van der Waals surface area (Å²) >= 11 is 0. The van der Waals surface area contributed by atoms with Crippen LogP contribution in [0.3, 0.4) is 0 Å². The Bertz CT molecular complexity index is 634. The second-order valence-electron chi connectivity index (χ2n) is 7.22. The van der Waals surface area contributed by atoms with Crippen LogP contribution in [0.15, 0.2) is 9.98 Å². The minimum atomic E-state index is -1.97. The van der Waals surface area contributed by atoms with Crippen molar-refractivity contribution in [2.75, 3.05) is 32.8 Å². The lowest BCUT2D eigenvalue weighted by molar-refractivity contribution is -0.157. The number of guanidine groups is 2. The van der Waals surface area contributed by atoms with Crippen molar-refractivity contribution in [3.63, 3.8) is 0 Å². The monoisotopic (exact) mass is 385 g/mol. The van der Waals surface area contributed by atoms with Gasteiger partial charge in [0.2, 0.25) is 0 Å². The molecule has 2 bridgehead atoms. The zero-order chi connectivity index (χ0) is 19.7. The number of alkyl carbamates (subject to hydrolysis) is 1. The van der Waals surface area contributed by atoms with Crippen LogP contribution >= 0.6 is 0 Å². The molecule has 0 saturated carbocycles. The van der Waals surface area contributed by atoms with E-state index in [2.05, 4.69) is 31.5 Å². The lowest BCUT2D eigenvalue weighted by atomic mass is 10.1. The van der Waals surface area contributed by atoms with E-state index in [0.717, 1.165) is 0 Å². The van der Waals surface area contributed by atoms with Crippen LogP contribution in [-0.4, -0.2) is 89.4 Å². The Morgan fingerprint density at radius 2 is 2.19 bits per heavy atom. The molecule has 1 fully saturated rings. The summed E-state index contributed by atoms with van der Waals surface area (Å²) < 4.78 is 5.25. The number of aliphatic imine (C=N–C) groups is 2. The third kappa shape index (κ3) is 5.32. The maximum Gasteiger partial charge on any atom is 0.407 e. The van der Waals surface area contributed by atoms with Gasteiger partial charge in [-0.1, -0.05) is 0 Å². The van der Waals surface area contributed by atoms with Crippen molar-refractivity contribution in [3.8, 4) is 0 Å². The molecule has 3 aliphatic rings. The molecular formula is C14H27N9O4. The maximum atomic E-state index is 11.9. The Balaban J connectivity index is 1.61. The van der Waals surface area contributed by atoms with Gasteiger partial charge in [0, 0.05) is 19.5 Å². The summed E-state index contributed by atoms with van der Waals surface area (Å²) in [5.41, 5.74) is 17.3. The summed E-state index contributed by atoms with van der Waals surface area (Å²) in [6.07, 6.45) is -0.522. The molecule has 0 aromatic heterocycles. The number of aliphatic hydroxyl groups is 2. The van der Waals surface area contributed by atoms with E-state index in [1.165, 1.54) is 0 Å². The van der Waals surface area contributed by atoms with E-state index in [9.17, 15) is 15.0 Å². The van der Waals surface area contributed by atoms with Gasteiger partial charge in [-0.25, -0.2) is 25.6 Å². The predicted molar refractivity (Wildman–Crippen MR) is 96.2 cm³/mol. The van der Waals surface area contributed by atoms with E-state index in [4.69, 9.17) is 16.2 Å². The van der Waals surface area contributed by atoms with Gasteiger partial charge in [-0.2, -0.15) is 0 Å². The third-order valence-electron chi connectivity index (χ3n) is 4.64. The molecule has 0 radical (unpaired) electrons. The van der Waals surface area contributed by atoms with Gasteiger partial charge in [-0.15, -0.1) is 0 Å². The van der Waals surface area contributed by atoms with Crippen LogP contribution < -0.4 is 33.0 Å². The molecular weight excluding hydrogens is 358 g/mol. The van der Waals surface area contributed by atoms with E-state index in [-0.39, 0.29) is 43.2 Å². The highest BCUT2D eigenvalue weighted by molar-refractivity contribution is 5.81. The van der Waals surface area contributed by atoms with Crippen LogP contribution in [-0.2, 0) is 4.74 Å². The number of nitrogens with two attached hydrogens (primary N) is 2. The Morgan fingerprint density at radius 1 is 1.44 bits per heavy atom. The molecule has 10 N–H and O–H groups in total. The number of carbonyl (C=O) groups is 1. The van der Waals surface area contributed by atoms with E-state index in [0.29, 0.717) is 19.6 Å². The second-order valence-corrected chi connectivity index (χ2v) is 7.22. The Morgan fingerprint density at radius 3 is 2.89 bits per heavy atom. The molecule has 13 heteroatoms. The molecule has 3 rings (SSSR count). The maximum absolute atomic E-state index is 11.9. The van der Waals surface area contributed by atoms with Gasteiger partial charge >= 0.3 is 6.09 Å². The summed E-state index contributed by atoms with van der Waals surface area (Å²) in [5.74, 6) is -1.68. The molecule has 3 heterocycles. The molecule has 0 aromatic carbocycles. The van der Waals surface area contributed by atoms with Crippen molar-refractivity contribution in [3.05, 3.63) is 0 Å². The molecule has 0 spiro atoms. The highest BCUT2D eigenvalue weighted by Crippen LogP contribution is 2.15. The fourth-order valence-electron chi connectivity index (χ4n) is 2.79. The second kappa shape index (κ2) is 7.34. The zero-order valence-electron chi connectivity index (χ0n) is 15.1. The predicted octanol–water partition coefficient (Wildman–Crippen LogP) is -4.11. The van der Waals surface area contributed by atoms with Crippen molar-refractivity contribution in [2.45, 2.75) is 36.9 Å². The van der Waals surface area contributed by atoms with Gasteiger partial charge in [-0.05, 0) is 6.92 Å². The largest absolute Gasteiger partial charge is 0.447 e. The van der Waals surface area contributed by atoms with Crippen LogP contribution in [0.2, 0.25) is 0 Å². The van der Waals surface area contributed by atoms with Crippen molar-refractivity contribution < 1.29 is 19.7 Å². The number of carbonyl (C=O) groups excluding carboxylic acids is 1. The molecule has 13 nitrogen and oxygen atoms in total. The molecule has 0 aliphatic carbocycles. The molecule has 3 aliphatic heterocycles. The molecule has 0 aromatic rings. The lowest BCUT2D eigenvalue weighted by Crippen LogP contribution is -2.60. The number of amides is 1. The number of nitrogens with one attached hydrogen (secondary N) is 4. The minimum Gasteiger partial charge on any atom is -0.447 e. The van der Waals surface area contributed by atoms with Crippen LogP contribution in [0.1, 0.15) is 13.3 Å². The summed E-state index contributed by atoms with van der Waals surface area (Å²) in [4.78, 5) is 21.9. The SMILES string of the molecule is CC1(CNC(=O)OCC2N=C(N)N3CCC(O)(O)CN=C(N)NC2C3)NN1. The van der Waals surface area contributed by atoms with Crippen LogP contribution in [0, 0.1) is 0 Å². The number of hydrogen-bond acceptors (Lipinski definition) is 12. The van der Waals surface area contributed by atoms with Gasteiger partial charge in [0.25, 0.3) is 0 Å². The molecule has 27 heavy (non-hydrogen) atoms. The van der Waals surface area contributed by atoms with Gasteiger partial charge in [0.15, 0.2) is 17.7 Å². The quantitative estimate of drug-likeness (QED) is 0.173. The first-order valence-electron chi connectivity index (χ1n) is 8.70. The fourth-order valence-corrected chi connectivity index (χ4v) is 2.79. The molecule has 2 atom stereocenters. The molecule has 152 valence electrons. The Kier molecular flexibility index (Phi) is 5.28. The van der Waals surface area contributed by atoms with E-state index < -0.39 is 17.9 Å². The molecule has 2 unspecified atom stereocenters. The number of nitrogens with zero attached hydrogens (tertiary/aromatic N) is 3. The summed E-state index contributed by atoms with van der Waals surface area (Å²) in [6.45, 7) is 2.72. The van der Waals surface area contributed by atoms with Crippen molar-refractivity contribution >= 4 is 18.0 Å². The lowest BCUT2D eigenvalue weighted by Gasteiger charge is -2.38. The third-order valence-corrected chi connectivity index (χ3v) is 4.64. The van der Waals surface area contributed by atoms with E-state index in [1.54, 1.807) is 4.90 Å². The van der Waals surface area contributed by atoms with Crippen LogP contribution in [0.25, 0.3) is 0 Å². The van der Waals surface area contributed by atoms with E-state index >= 15 is 0 Å². The highest BCUT2D eigenvalue weighted by atomic mass is 16.5. The van der Waals surface area contributed by atoms with Crippen molar-refractivity contribution in [1.82, 2.24) is 26.4 Å². The average molecular weight is 385 g/mol. The smallest absolute Gasteiger partial charge is 0.407 e. The first-order chi connectivity index (χ1) is 12.7. The average Bonchev–Trinajstić information content (AvgIpc) is 3.34. The van der Waals surface area contributed by atoms with Gasteiger partial charge in [-0.3, -0.25) is 0 Å². The van der Waals surface area contributed by atoms with Crippen LogP contribution in [0.5, 0.6) is 0 Å². The first kappa shape index (κ1) is 19.4. The Hall–Kier alpha value is -2.35. The number of hydrogen-bond donors (Lipinski definition) is 8. The summed E-state index contributed by atoms with van der Waals surface area (Å²) in [7, 11) is 0. The number of hydrazine groups is 1. The number of fused-ring (bicyclic) bond motifs is 2. The fraction of sp³-hybridized carbons (Fsp3) is 0.786.